The van der Waals surface area contributed by atoms with Crippen LogP contribution in [0.5, 0.6) is 11.5 Å². The van der Waals surface area contributed by atoms with Crippen LogP contribution in [0.4, 0.5) is 5.82 Å². The number of fused-ring (bicyclic) bond motifs is 2. The molecule has 1 aromatic carbocycles. The number of carbonyl (C=O) groups excluding carboxylic acids is 1. The average molecular weight is 525 g/mol. The van der Waals surface area contributed by atoms with E-state index in [0.29, 0.717) is 50.9 Å². The minimum Gasteiger partial charge on any atom is -0.454 e. The van der Waals surface area contributed by atoms with Crippen molar-refractivity contribution in [1.29, 1.82) is 0 Å². The van der Waals surface area contributed by atoms with Crippen LogP contribution in [0.3, 0.4) is 0 Å². The van der Waals surface area contributed by atoms with Crippen molar-refractivity contribution in [2.75, 3.05) is 32.4 Å². The monoisotopic (exact) mass is 524 g/mol. The van der Waals surface area contributed by atoms with Crippen molar-refractivity contribution in [2.24, 2.45) is 0 Å². The number of methoxy groups -OCH3 is 1. The highest BCUT2D eigenvalue weighted by Gasteiger charge is 2.33. The second-order valence-corrected chi connectivity index (χ2v) is 9.97. The number of benzene rings is 1. The summed E-state index contributed by atoms with van der Waals surface area (Å²) in [4.78, 5) is 33.4. The number of carbonyl (C=O) groups is 1. The van der Waals surface area contributed by atoms with Crippen molar-refractivity contribution in [3.63, 3.8) is 0 Å². The summed E-state index contributed by atoms with van der Waals surface area (Å²) in [6.45, 7) is 3.51. The molecule has 0 radical (unpaired) electrons. The van der Waals surface area contributed by atoms with E-state index < -0.39 is 0 Å². The highest BCUT2D eigenvalue weighted by molar-refractivity contribution is 8.26. The molecule has 1 fully saturated rings. The lowest BCUT2D eigenvalue weighted by Crippen LogP contribution is -2.27. The van der Waals surface area contributed by atoms with E-state index in [1.54, 1.807) is 25.4 Å². The molecular weight excluding hydrogens is 500 g/mol. The molecular formula is C25H24N4O5S2. The van der Waals surface area contributed by atoms with Crippen LogP contribution in [-0.4, -0.2) is 51.6 Å². The Labute approximate surface area is 217 Å². The lowest BCUT2D eigenvalue weighted by atomic mass is 10.2. The molecule has 1 N–H and O–H groups in total. The van der Waals surface area contributed by atoms with Gasteiger partial charge in [0.1, 0.15) is 15.8 Å². The van der Waals surface area contributed by atoms with E-state index in [4.69, 9.17) is 31.4 Å². The van der Waals surface area contributed by atoms with Crippen molar-refractivity contribution < 1.29 is 19.0 Å². The summed E-state index contributed by atoms with van der Waals surface area (Å²) in [5, 5.41) is 3.24. The fraction of sp³-hybridized carbons (Fsp3) is 0.280. The van der Waals surface area contributed by atoms with Gasteiger partial charge in [-0.15, -0.1) is 0 Å². The number of thioether (sulfide) groups is 1. The summed E-state index contributed by atoms with van der Waals surface area (Å²) in [5.41, 5.74) is 2.33. The number of ether oxygens (including phenoxy) is 3. The third-order valence-corrected chi connectivity index (χ3v) is 7.21. The zero-order valence-corrected chi connectivity index (χ0v) is 21.4. The number of pyridine rings is 1. The molecule has 0 spiro atoms. The molecule has 5 rings (SSSR count). The van der Waals surface area contributed by atoms with Gasteiger partial charge in [-0.2, -0.15) is 0 Å². The van der Waals surface area contributed by atoms with Crippen LogP contribution in [0.15, 0.2) is 46.2 Å². The van der Waals surface area contributed by atoms with Gasteiger partial charge in [-0.05, 0) is 48.7 Å². The number of thiocarbonyl (C=S) groups is 1. The Morgan fingerprint density at radius 2 is 2.08 bits per heavy atom. The second kappa shape index (κ2) is 10.3. The van der Waals surface area contributed by atoms with Crippen molar-refractivity contribution in [3.05, 3.63) is 68.5 Å². The van der Waals surface area contributed by atoms with E-state index in [2.05, 4.69) is 5.32 Å². The maximum Gasteiger partial charge on any atom is 0.267 e. The van der Waals surface area contributed by atoms with E-state index in [-0.39, 0.29) is 24.8 Å². The summed E-state index contributed by atoms with van der Waals surface area (Å²) in [7, 11) is 1.64. The molecule has 1 amide bonds. The summed E-state index contributed by atoms with van der Waals surface area (Å²) < 4.78 is 17.8. The van der Waals surface area contributed by atoms with E-state index in [1.807, 2.05) is 31.2 Å². The molecule has 9 nitrogen and oxygen atoms in total. The average Bonchev–Trinajstić information content (AvgIpc) is 3.44. The van der Waals surface area contributed by atoms with Gasteiger partial charge < -0.3 is 19.5 Å². The van der Waals surface area contributed by atoms with Crippen LogP contribution in [0.1, 0.15) is 23.1 Å². The molecule has 0 atom stereocenters. The number of amides is 1. The fourth-order valence-electron chi connectivity index (χ4n) is 3.99. The molecule has 0 bridgehead atoms. The predicted octanol–water partition coefficient (Wildman–Crippen LogP) is 3.58. The third-order valence-electron chi connectivity index (χ3n) is 5.83. The first kappa shape index (κ1) is 24.3. The molecule has 0 unspecified atom stereocenters. The molecule has 2 aliphatic heterocycles. The first-order valence-corrected chi connectivity index (χ1v) is 12.6. The molecule has 36 heavy (non-hydrogen) atoms. The van der Waals surface area contributed by atoms with Gasteiger partial charge >= 0.3 is 0 Å². The minimum atomic E-state index is -0.265. The Morgan fingerprint density at radius 3 is 2.92 bits per heavy atom. The smallest absolute Gasteiger partial charge is 0.267 e. The molecule has 0 aliphatic carbocycles. The van der Waals surface area contributed by atoms with Gasteiger partial charge in [0, 0.05) is 26.5 Å². The fourth-order valence-corrected chi connectivity index (χ4v) is 5.23. The maximum absolute atomic E-state index is 13.5. The Bertz CT molecular complexity index is 1450. The molecule has 0 saturated carbocycles. The Morgan fingerprint density at radius 1 is 1.25 bits per heavy atom. The van der Waals surface area contributed by atoms with Gasteiger partial charge in [-0.25, -0.2) is 4.98 Å². The summed E-state index contributed by atoms with van der Waals surface area (Å²) in [6, 6.07) is 9.23. The normalized spacial score (nSPS) is 15.9. The molecule has 2 aliphatic rings. The Balaban J connectivity index is 1.47. The molecule has 4 heterocycles. The topological polar surface area (TPSA) is 94.4 Å². The van der Waals surface area contributed by atoms with Crippen LogP contribution >= 0.6 is 24.0 Å². The predicted molar refractivity (Wildman–Crippen MR) is 142 cm³/mol. The SMILES string of the molecule is COCCCNc1nc2c(C)cccn2c(=O)c1C=C1SC(=S)N(Cc2ccc3c(c2)OCO3)C1=O. The van der Waals surface area contributed by atoms with Crippen LogP contribution in [0.2, 0.25) is 0 Å². The van der Waals surface area contributed by atoms with Gasteiger partial charge in [0.15, 0.2) is 11.5 Å². The second-order valence-electron chi connectivity index (χ2n) is 8.29. The standard InChI is InChI=1S/C25H24N4O5S2/c1-15-5-3-9-28-22(15)27-21(26-8-4-10-32-2)17(23(28)30)12-20-24(31)29(25(35)36-20)13-16-6-7-18-19(11-16)34-14-33-18/h3,5-7,9,11-12,26H,4,8,10,13-14H2,1-2H3. The molecule has 2 aromatic heterocycles. The maximum atomic E-state index is 13.5. The van der Waals surface area contributed by atoms with Gasteiger partial charge in [-0.3, -0.25) is 18.9 Å². The Kier molecular flexibility index (Phi) is 6.95. The van der Waals surface area contributed by atoms with Gasteiger partial charge in [-0.1, -0.05) is 36.1 Å². The number of rotatable bonds is 8. The lowest BCUT2D eigenvalue weighted by molar-refractivity contribution is -0.122. The van der Waals surface area contributed by atoms with Gasteiger partial charge in [0.05, 0.1) is 17.0 Å². The first-order chi connectivity index (χ1) is 17.5. The highest BCUT2D eigenvalue weighted by Crippen LogP contribution is 2.36. The number of aryl methyl sites for hydroxylation is 1. The van der Waals surface area contributed by atoms with E-state index in [1.165, 1.54) is 21.1 Å². The zero-order valence-electron chi connectivity index (χ0n) is 19.8. The van der Waals surface area contributed by atoms with Crippen LogP contribution in [0, 0.1) is 6.92 Å². The summed E-state index contributed by atoms with van der Waals surface area (Å²) in [6.07, 6.45) is 4.00. The van der Waals surface area contributed by atoms with Crippen LogP contribution in [0.25, 0.3) is 11.7 Å². The number of nitrogens with one attached hydrogen (secondary N) is 1. The highest BCUT2D eigenvalue weighted by atomic mass is 32.2. The number of hydrogen-bond donors (Lipinski definition) is 1. The number of nitrogens with zero attached hydrogens (tertiary/aromatic N) is 3. The van der Waals surface area contributed by atoms with Crippen LogP contribution < -0.4 is 20.3 Å². The minimum absolute atomic E-state index is 0.180. The first-order valence-electron chi connectivity index (χ1n) is 11.3. The molecule has 1 saturated heterocycles. The molecule has 11 heteroatoms. The van der Waals surface area contributed by atoms with Crippen LogP contribution in [-0.2, 0) is 16.1 Å². The number of anilines is 1. The van der Waals surface area contributed by atoms with Crippen molar-refractivity contribution >= 4 is 51.7 Å². The van der Waals surface area contributed by atoms with Crippen molar-refractivity contribution in [2.45, 2.75) is 19.9 Å². The molecule has 186 valence electrons. The van der Waals surface area contributed by atoms with E-state index in [9.17, 15) is 9.59 Å². The van der Waals surface area contributed by atoms with E-state index >= 15 is 0 Å². The number of hydrogen-bond acceptors (Lipinski definition) is 9. The lowest BCUT2D eigenvalue weighted by Gasteiger charge is -2.15. The number of aromatic nitrogens is 2. The Hall–Kier alpha value is -3.41. The van der Waals surface area contributed by atoms with Crippen molar-refractivity contribution in [3.8, 4) is 11.5 Å². The van der Waals surface area contributed by atoms with E-state index in [0.717, 1.165) is 17.5 Å². The quantitative estimate of drug-likeness (QED) is 0.270. The largest absolute Gasteiger partial charge is 0.454 e. The zero-order chi connectivity index (χ0) is 25.2. The van der Waals surface area contributed by atoms with Gasteiger partial charge in [0.25, 0.3) is 11.5 Å². The van der Waals surface area contributed by atoms with Gasteiger partial charge in [0.2, 0.25) is 6.79 Å². The third kappa shape index (κ3) is 4.69. The van der Waals surface area contributed by atoms with Crippen molar-refractivity contribution in [1.82, 2.24) is 14.3 Å². The summed E-state index contributed by atoms with van der Waals surface area (Å²) in [5.74, 6) is 1.48. The molecule has 3 aromatic rings. The summed E-state index contributed by atoms with van der Waals surface area (Å²) >= 11 is 6.68.